The van der Waals surface area contributed by atoms with Gasteiger partial charge in [-0.3, -0.25) is 9.88 Å². The van der Waals surface area contributed by atoms with Crippen molar-refractivity contribution in [1.29, 1.82) is 0 Å². The van der Waals surface area contributed by atoms with Gasteiger partial charge < -0.3 is 10.3 Å². The molecule has 0 aliphatic heterocycles. The van der Waals surface area contributed by atoms with Crippen LogP contribution in [-0.4, -0.2) is 22.1 Å². The third-order valence-corrected chi connectivity index (χ3v) is 8.34. The smallest absolute Gasteiger partial charge is 0.319 e. The van der Waals surface area contributed by atoms with Crippen molar-refractivity contribution >= 4 is 22.6 Å². The number of pyridine rings is 1. The number of amides is 2. The van der Waals surface area contributed by atoms with E-state index in [0.717, 1.165) is 37.9 Å². The van der Waals surface area contributed by atoms with Crippen molar-refractivity contribution in [3.05, 3.63) is 95.4 Å². The molecular weight excluding hydrogens is 468 g/mol. The molecular formula is C33H40N4O. The largest absolute Gasteiger partial charge is 0.351 e. The highest BCUT2D eigenvalue weighted by Gasteiger charge is 2.41. The molecule has 38 heavy (non-hydrogen) atoms. The Bertz CT molecular complexity index is 1390. The molecule has 5 nitrogen and oxygen atoms in total. The first kappa shape index (κ1) is 26.0. The lowest BCUT2D eigenvalue weighted by atomic mass is 9.77. The molecule has 5 heteroatoms. The van der Waals surface area contributed by atoms with E-state index in [9.17, 15) is 4.79 Å². The van der Waals surface area contributed by atoms with E-state index in [0.29, 0.717) is 6.54 Å². The normalized spacial score (nSPS) is 15.0. The van der Waals surface area contributed by atoms with Gasteiger partial charge in [-0.1, -0.05) is 83.0 Å². The minimum absolute atomic E-state index is 0.160. The maximum atomic E-state index is 13.3. The van der Waals surface area contributed by atoms with Crippen LogP contribution in [-0.2, 0) is 12.0 Å². The Balaban J connectivity index is 1.64. The maximum Gasteiger partial charge on any atom is 0.319 e. The first-order chi connectivity index (χ1) is 18.3. The zero-order valence-corrected chi connectivity index (χ0v) is 23.2. The molecule has 1 fully saturated rings. The lowest BCUT2D eigenvalue weighted by Gasteiger charge is -2.37. The van der Waals surface area contributed by atoms with Gasteiger partial charge in [0, 0.05) is 48.0 Å². The molecule has 0 bridgehead atoms. The van der Waals surface area contributed by atoms with E-state index in [1.54, 1.807) is 0 Å². The topological polar surface area (TPSA) is 64.2 Å². The van der Waals surface area contributed by atoms with Gasteiger partial charge in [0.1, 0.15) is 0 Å². The molecule has 2 N–H and O–H groups in total. The maximum absolute atomic E-state index is 13.3. The SMILES string of the molecule is CC(C)c1cccc(C(C)C)c1N(CC1(c2cn(Cc3cccnc3)c3ccccc23)CCCC1)C(N)=O. The minimum Gasteiger partial charge on any atom is -0.351 e. The average molecular weight is 509 g/mol. The minimum atomic E-state index is -0.370. The van der Waals surface area contributed by atoms with Gasteiger partial charge in [0.15, 0.2) is 0 Å². The summed E-state index contributed by atoms with van der Waals surface area (Å²) in [5.41, 5.74) is 13.1. The van der Waals surface area contributed by atoms with Crippen molar-refractivity contribution in [3.63, 3.8) is 0 Å². The van der Waals surface area contributed by atoms with E-state index >= 15 is 0 Å². The second-order valence-corrected chi connectivity index (χ2v) is 11.6. The summed E-state index contributed by atoms with van der Waals surface area (Å²) in [7, 11) is 0. The molecule has 0 radical (unpaired) electrons. The molecule has 0 unspecified atom stereocenters. The Labute approximate surface area is 226 Å². The Morgan fingerprint density at radius 1 is 0.974 bits per heavy atom. The quantitative estimate of drug-likeness (QED) is 0.265. The van der Waals surface area contributed by atoms with Crippen LogP contribution >= 0.6 is 0 Å². The summed E-state index contributed by atoms with van der Waals surface area (Å²) in [6.07, 6.45) is 10.5. The van der Waals surface area contributed by atoms with E-state index in [-0.39, 0.29) is 23.3 Å². The third kappa shape index (κ3) is 4.82. The molecule has 1 aliphatic carbocycles. The highest BCUT2D eigenvalue weighted by Crippen LogP contribution is 2.47. The van der Waals surface area contributed by atoms with E-state index in [1.165, 1.54) is 33.2 Å². The molecule has 2 heterocycles. The summed E-state index contributed by atoms with van der Waals surface area (Å²) in [6.45, 7) is 10.1. The van der Waals surface area contributed by atoms with Crippen LogP contribution in [0.1, 0.15) is 87.5 Å². The number of hydrogen-bond acceptors (Lipinski definition) is 2. The Kier molecular flexibility index (Phi) is 7.29. The fourth-order valence-corrected chi connectivity index (χ4v) is 6.45. The number of para-hydroxylation sites is 2. The van der Waals surface area contributed by atoms with Gasteiger partial charge in [0.25, 0.3) is 0 Å². The highest BCUT2D eigenvalue weighted by molar-refractivity contribution is 5.94. The van der Waals surface area contributed by atoms with Gasteiger partial charge >= 0.3 is 6.03 Å². The lowest BCUT2D eigenvalue weighted by Crippen LogP contribution is -2.46. The number of nitrogens with zero attached hydrogens (tertiary/aromatic N) is 3. The summed E-state index contributed by atoms with van der Waals surface area (Å²) < 4.78 is 2.35. The first-order valence-corrected chi connectivity index (χ1v) is 14.0. The van der Waals surface area contributed by atoms with Crippen molar-refractivity contribution in [2.24, 2.45) is 5.73 Å². The average Bonchev–Trinajstić information content (AvgIpc) is 3.53. The molecule has 2 aromatic carbocycles. The Hall–Kier alpha value is -3.60. The van der Waals surface area contributed by atoms with Crippen molar-refractivity contribution < 1.29 is 4.79 Å². The zero-order chi connectivity index (χ0) is 26.9. The number of nitrogens with two attached hydrogens (primary N) is 1. The van der Waals surface area contributed by atoms with Gasteiger partial charge in [-0.15, -0.1) is 0 Å². The second-order valence-electron chi connectivity index (χ2n) is 11.6. The lowest BCUT2D eigenvalue weighted by molar-refractivity contribution is 0.251. The number of carbonyl (C=O) groups excluding carboxylic acids is 1. The number of aromatic nitrogens is 2. The summed E-state index contributed by atoms with van der Waals surface area (Å²) >= 11 is 0. The summed E-state index contributed by atoms with van der Waals surface area (Å²) in [5.74, 6) is 0.568. The van der Waals surface area contributed by atoms with Crippen LogP contribution in [0.4, 0.5) is 10.5 Å². The predicted molar refractivity (Wildman–Crippen MR) is 157 cm³/mol. The van der Waals surface area contributed by atoms with Crippen LogP contribution in [0.25, 0.3) is 10.9 Å². The number of benzene rings is 2. The molecule has 5 rings (SSSR count). The number of primary amides is 1. The molecule has 1 aliphatic rings. The fourth-order valence-electron chi connectivity index (χ4n) is 6.45. The monoisotopic (exact) mass is 508 g/mol. The van der Waals surface area contributed by atoms with Gasteiger partial charge in [-0.05, 0) is 59.1 Å². The number of rotatable bonds is 8. The van der Waals surface area contributed by atoms with Crippen LogP contribution in [0, 0.1) is 0 Å². The number of carbonyl (C=O) groups is 1. The molecule has 2 aromatic heterocycles. The van der Waals surface area contributed by atoms with E-state index < -0.39 is 0 Å². The predicted octanol–water partition coefficient (Wildman–Crippen LogP) is 7.73. The van der Waals surface area contributed by atoms with Crippen molar-refractivity contribution in [2.75, 3.05) is 11.4 Å². The third-order valence-electron chi connectivity index (χ3n) is 8.34. The van der Waals surface area contributed by atoms with Gasteiger partial charge in [-0.25, -0.2) is 4.79 Å². The van der Waals surface area contributed by atoms with Crippen LogP contribution in [0.3, 0.4) is 0 Å². The van der Waals surface area contributed by atoms with Crippen LogP contribution in [0.15, 0.2) is 73.2 Å². The van der Waals surface area contributed by atoms with Crippen LogP contribution in [0.5, 0.6) is 0 Å². The number of fused-ring (bicyclic) bond motifs is 1. The molecule has 4 aromatic rings. The van der Waals surface area contributed by atoms with E-state index in [1.807, 2.05) is 23.4 Å². The van der Waals surface area contributed by atoms with Gasteiger partial charge in [-0.2, -0.15) is 0 Å². The van der Waals surface area contributed by atoms with Gasteiger partial charge in [0.2, 0.25) is 0 Å². The van der Waals surface area contributed by atoms with Crippen molar-refractivity contribution in [1.82, 2.24) is 9.55 Å². The standard InChI is InChI=1S/C33H40N4O/c1-23(2)26-13-9-14-27(24(3)4)31(26)37(32(34)38)22-33(16-7-8-17-33)29-21-36(20-25-11-10-18-35-19-25)30-15-6-5-12-28(29)30/h5-6,9-15,18-19,21,23-24H,7-8,16-17,20,22H2,1-4H3,(H2,34,38). The fraction of sp³-hybridized carbons (Fsp3) is 0.394. The van der Waals surface area contributed by atoms with E-state index in [2.05, 4.69) is 92.0 Å². The molecule has 1 saturated carbocycles. The number of urea groups is 1. The zero-order valence-electron chi connectivity index (χ0n) is 23.2. The first-order valence-electron chi connectivity index (χ1n) is 14.0. The van der Waals surface area contributed by atoms with Crippen molar-refractivity contribution in [3.8, 4) is 0 Å². The van der Waals surface area contributed by atoms with Crippen LogP contribution in [0.2, 0.25) is 0 Å². The van der Waals surface area contributed by atoms with Gasteiger partial charge in [0.05, 0.1) is 5.69 Å². The number of hydrogen-bond donors (Lipinski definition) is 1. The summed E-state index contributed by atoms with van der Waals surface area (Å²) in [6, 6.07) is 18.8. The second kappa shape index (κ2) is 10.6. The van der Waals surface area contributed by atoms with E-state index in [4.69, 9.17) is 5.73 Å². The molecule has 0 saturated heterocycles. The summed E-state index contributed by atoms with van der Waals surface area (Å²) in [4.78, 5) is 19.5. The molecule has 0 atom stereocenters. The molecule has 2 amide bonds. The van der Waals surface area contributed by atoms with Crippen molar-refractivity contribution in [2.45, 2.75) is 77.2 Å². The number of anilines is 1. The molecule has 0 spiro atoms. The van der Waals surface area contributed by atoms with Crippen LogP contribution < -0.4 is 10.6 Å². The molecule has 198 valence electrons. The Morgan fingerprint density at radius 3 is 2.26 bits per heavy atom. The summed E-state index contributed by atoms with van der Waals surface area (Å²) in [5, 5.41) is 1.27. The highest BCUT2D eigenvalue weighted by atomic mass is 16.2. The Morgan fingerprint density at radius 2 is 1.66 bits per heavy atom.